The molecule has 0 fully saturated rings. The van der Waals surface area contributed by atoms with E-state index in [4.69, 9.17) is 35.7 Å². The number of carbonyl (C=O) groups is 6. The van der Waals surface area contributed by atoms with Crippen LogP contribution in [-0.4, -0.2) is 77.2 Å². The lowest BCUT2D eigenvalue weighted by atomic mass is 9.96. The topological polar surface area (TPSA) is 244 Å². The lowest BCUT2D eigenvalue weighted by Gasteiger charge is -2.18. The molecule has 0 aliphatic heterocycles. The molecule has 13 heteroatoms. The van der Waals surface area contributed by atoms with Crippen LogP contribution in [0.2, 0.25) is 0 Å². The van der Waals surface area contributed by atoms with Crippen LogP contribution >= 0.6 is 0 Å². The van der Waals surface area contributed by atoms with Crippen LogP contribution < -0.4 is 0 Å². The molecule has 152 valence electrons. The minimum atomic E-state index is -2.74. The van der Waals surface area contributed by atoms with E-state index in [0.717, 1.165) is 18.2 Å². The number of aliphatic carboxylic acids is 3. The summed E-state index contributed by atoms with van der Waals surface area (Å²) in [4.78, 5) is 62.2. The quantitative estimate of drug-likeness (QED) is 0.291. The van der Waals surface area contributed by atoms with Gasteiger partial charge in [-0.05, 0) is 18.2 Å². The highest BCUT2D eigenvalue weighted by Crippen LogP contribution is 2.15. The van der Waals surface area contributed by atoms with Gasteiger partial charge in [0.15, 0.2) is 5.60 Å². The average molecular weight is 402 g/mol. The maximum Gasteiger partial charge on any atom is 0.336 e. The van der Waals surface area contributed by atoms with Crippen molar-refractivity contribution in [2.24, 2.45) is 0 Å². The van der Waals surface area contributed by atoms with Crippen LogP contribution in [0.4, 0.5) is 0 Å². The fraction of sp³-hybridized carbons (Fsp3) is 0.200. The predicted molar refractivity (Wildman–Crippen MR) is 84.4 cm³/mol. The summed E-state index contributed by atoms with van der Waals surface area (Å²) in [5.41, 5.74) is -3.84. The van der Waals surface area contributed by atoms with Crippen molar-refractivity contribution in [2.75, 3.05) is 0 Å². The Kier molecular flexibility index (Phi) is 8.25. The minimum Gasteiger partial charge on any atom is -0.481 e. The van der Waals surface area contributed by atoms with E-state index in [9.17, 15) is 28.8 Å². The zero-order valence-electron chi connectivity index (χ0n) is 13.7. The molecule has 13 nitrogen and oxygen atoms in total. The summed E-state index contributed by atoms with van der Waals surface area (Å²) in [6, 6.07) is 2.70. The molecule has 0 saturated carbocycles. The second kappa shape index (κ2) is 9.63. The first-order valence-electron chi connectivity index (χ1n) is 6.94. The Hall–Kier alpha value is -4.00. The van der Waals surface area contributed by atoms with Crippen molar-refractivity contribution < 1.29 is 64.5 Å². The third-order valence-electron chi connectivity index (χ3n) is 2.96. The molecule has 0 spiro atoms. The third-order valence-corrected chi connectivity index (χ3v) is 2.96. The van der Waals surface area contributed by atoms with E-state index in [2.05, 4.69) is 0 Å². The Bertz CT molecular complexity index is 728. The zero-order valence-corrected chi connectivity index (χ0v) is 13.7. The van der Waals surface area contributed by atoms with Gasteiger partial charge in [0.2, 0.25) is 0 Å². The van der Waals surface area contributed by atoms with Gasteiger partial charge < -0.3 is 35.7 Å². The minimum absolute atomic E-state index is 0.368. The first kappa shape index (κ1) is 24.0. The summed E-state index contributed by atoms with van der Waals surface area (Å²) in [5.74, 6) is -9.14. The molecular weight excluding hydrogens is 388 g/mol. The van der Waals surface area contributed by atoms with E-state index >= 15 is 0 Å². The Morgan fingerprint density at radius 2 is 0.857 bits per heavy atom. The molecule has 7 N–H and O–H groups in total. The van der Waals surface area contributed by atoms with Crippen LogP contribution in [0.15, 0.2) is 18.2 Å². The van der Waals surface area contributed by atoms with Gasteiger partial charge in [-0.3, -0.25) is 9.59 Å². The van der Waals surface area contributed by atoms with Gasteiger partial charge in [0, 0.05) is 0 Å². The lowest BCUT2D eigenvalue weighted by Crippen LogP contribution is -2.42. The predicted octanol–water partition coefficient (Wildman–Crippen LogP) is -0.467. The van der Waals surface area contributed by atoms with Gasteiger partial charge in [0.25, 0.3) is 0 Å². The van der Waals surface area contributed by atoms with E-state index in [1.54, 1.807) is 0 Å². The van der Waals surface area contributed by atoms with Gasteiger partial charge in [-0.25, -0.2) is 19.2 Å². The van der Waals surface area contributed by atoms with Crippen molar-refractivity contribution >= 4 is 35.8 Å². The van der Waals surface area contributed by atoms with Crippen molar-refractivity contribution in [1.29, 1.82) is 0 Å². The highest BCUT2D eigenvalue weighted by Gasteiger charge is 2.40. The largest absolute Gasteiger partial charge is 0.481 e. The van der Waals surface area contributed by atoms with Gasteiger partial charge in [0.1, 0.15) is 0 Å². The molecule has 0 aliphatic carbocycles. The maximum atomic E-state index is 10.6. The van der Waals surface area contributed by atoms with Crippen molar-refractivity contribution in [2.45, 2.75) is 18.4 Å². The fourth-order valence-corrected chi connectivity index (χ4v) is 1.71. The molecule has 0 radical (unpaired) electrons. The first-order chi connectivity index (χ1) is 12.7. The molecule has 0 aliphatic rings. The normalized spacial score (nSPS) is 10.2. The highest BCUT2D eigenvalue weighted by molar-refractivity contribution is 5.98. The van der Waals surface area contributed by atoms with Gasteiger partial charge in [0.05, 0.1) is 29.5 Å². The molecule has 0 saturated heterocycles. The molecule has 0 bridgehead atoms. The summed E-state index contributed by atoms with van der Waals surface area (Å²) in [5, 5.41) is 59.6. The number of hydrogen-bond donors (Lipinski definition) is 7. The molecule has 0 aromatic heterocycles. The van der Waals surface area contributed by atoms with Crippen LogP contribution in [0.5, 0.6) is 0 Å². The van der Waals surface area contributed by atoms with Gasteiger partial charge in [-0.15, -0.1) is 0 Å². The molecular formula is C15H14O13. The molecule has 0 atom stereocenters. The maximum absolute atomic E-state index is 10.6. The Morgan fingerprint density at radius 3 is 1.00 bits per heavy atom. The number of hydrogen-bond acceptors (Lipinski definition) is 7. The van der Waals surface area contributed by atoms with E-state index in [-0.39, 0.29) is 16.7 Å². The van der Waals surface area contributed by atoms with Crippen molar-refractivity contribution in [3.05, 3.63) is 34.9 Å². The molecule has 28 heavy (non-hydrogen) atoms. The number of carboxylic acids is 6. The smallest absolute Gasteiger partial charge is 0.336 e. The summed E-state index contributed by atoms with van der Waals surface area (Å²) in [6.07, 6.45) is -2.29. The summed E-state index contributed by atoms with van der Waals surface area (Å²) < 4.78 is 0. The molecule has 1 aromatic rings. The van der Waals surface area contributed by atoms with Crippen molar-refractivity contribution in [3.63, 3.8) is 0 Å². The monoisotopic (exact) mass is 402 g/mol. The van der Waals surface area contributed by atoms with Crippen molar-refractivity contribution in [3.8, 4) is 0 Å². The van der Waals surface area contributed by atoms with Crippen LogP contribution in [0.1, 0.15) is 43.9 Å². The Morgan fingerprint density at radius 1 is 0.607 bits per heavy atom. The van der Waals surface area contributed by atoms with Crippen LogP contribution in [0.25, 0.3) is 0 Å². The van der Waals surface area contributed by atoms with Crippen molar-refractivity contribution in [1.82, 2.24) is 0 Å². The van der Waals surface area contributed by atoms with E-state index in [1.807, 2.05) is 0 Å². The van der Waals surface area contributed by atoms with Crippen LogP contribution in [0.3, 0.4) is 0 Å². The Labute approximate surface area is 154 Å². The van der Waals surface area contributed by atoms with Gasteiger partial charge >= 0.3 is 35.8 Å². The molecule has 0 heterocycles. The summed E-state index contributed by atoms with van der Waals surface area (Å²) in [6.45, 7) is 0. The molecule has 1 aromatic carbocycles. The standard InChI is InChI=1S/C9H6O6.C6H8O7/c10-7(11)4-1-5(8(12)13)3-6(2-4)9(14)15;7-3(8)1-6(13,5(11)12)2-4(9)10/h1-3H,(H,10,11)(H,12,13)(H,14,15);13H,1-2H2,(H,7,8)(H,9,10)(H,11,12). The SMILES string of the molecule is O=C(O)CC(O)(CC(=O)O)C(=O)O.O=C(O)c1cc(C(=O)O)cc(C(=O)O)c1. The number of aromatic carboxylic acids is 3. The number of carboxylic acid groups (broad SMARTS) is 6. The number of aliphatic hydroxyl groups is 1. The number of benzene rings is 1. The Balaban J connectivity index is 0.000000528. The zero-order chi connectivity index (χ0) is 22.2. The van der Waals surface area contributed by atoms with Crippen LogP contribution in [-0.2, 0) is 14.4 Å². The fourth-order valence-electron chi connectivity index (χ4n) is 1.71. The number of rotatable bonds is 8. The second-order valence-corrected chi connectivity index (χ2v) is 5.19. The molecule has 0 unspecified atom stereocenters. The van der Waals surface area contributed by atoms with E-state index in [0.29, 0.717) is 0 Å². The average Bonchev–Trinajstić information content (AvgIpc) is 2.53. The van der Waals surface area contributed by atoms with E-state index in [1.165, 1.54) is 0 Å². The first-order valence-corrected chi connectivity index (χ1v) is 6.94. The lowest BCUT2D eigenvalue weighted by molar-refractivity contribution is -0.170. The highest BCUT2D eigenvalue weighted by atomic mass is 16.4. The van der Waals surface area contributed by atoms with Crippen LogP contribution in [0, 0.1) is 0 Å². The van der Waals surface area contributed by atoms with Gasteiger partial charge in [-0.2, -0.15) is 0 Å². The van der Waals surface area contributed by atoms with Gasteiger partial charge in [-0.1, -0.05) is 0 Å². The third kappa shape index (κ3) is 7.49. The summed E-state index contributed by atoms with van der Waals surface area (Å²) in [7, 11) is 0. The molecule has 1 rings (SSSR count). The van der Waals surface area contributed by atoms with E-state index < -0.39 is 54.3 Å². The molecule has 0 amide bonds. The summed E-state index contributed by atoms with van der Waals surface area (Å²) >= 11 is 0. The second-order valence-electron chi connectivity index (χ2n) is 5.19.